The van der Waals surface area contributed by atoms with Gasteiger partial charge in [0.25, 0.3) is 43.1 Å². The summed E-state index contributed by atoms with van der Waals surface area (Å²) in [5, 5.41) is 55.7. The summed E-state index contributed by atoms with van der Waals surface area (Å²) in [4.78, 5) is 114. The first-order valence-corrected chi connectivity index (χ1v) is 33.5. The van der Waals surface area contributed by atoms with E-state index in [0.717, 1.165) is 17.2 Å². The van der Waals surface area contributed by atoms with Crippen molar-refractivity contribution >= 4 is 84.9 Å². The van der Waals surface area contributed by atoms with Gasteiger partial charge in [-0.1, -0.05) is 0 Å². The molecule has 0 radical (unpaired) electrons. The van der Waals surface area contributed by atoms with Gasteiger partial charge < -0.3 is 111 Å². The van der Waals surface area contributed by atoms with Crippen LogP contribution < -0.4 is 57.0 Å². The number of aliphatic hydroxyl groups is 5. The molecular formula is C43H56N15O27P5-2. The lowest BCUT2D eigenvalue weighted by atomic mass is 10.1. The maximum atomic E-state index is 12.5. The lowest BCUT2D eigenvalue weighted by Gasteiger charge is -2.32. The first-order valence-electron chi connectivity index (χ1n) is 26.1. The van der Waals surface area contributed by atoms with Gasteiger partial charge in [0, 0.05) is 36.9 Å². The number of phosphoric ester groups is 5. The Hall–Kier alpha value is -5.75. The highest BCUT2D eigenvalue weighted by Crippen LogP contribution is 2.59. The number of fused-ring (bicyclic) bond motifs is 2. The van der Waals surface area contributed by atoms with Gasteiger partial charge in [0.2, 0.25) is 0 Å². The van der Waals surface area contributed by atoms with Crippen molar-refractivity contribution in [2.45, 2.75) is 92.3 Å². The molecule has 16 N–H and O–H groups in total. The number of aliphatic hydroxyl groups excluding tert-OH is 5. The van der Waals surface area contributed by atoms with E-state index < -0.39 is 157 Å². The van der Waals surface area contributed by atoms with Gasteiger partial charge in [0.05, 0.1) is 51.7 Å². The number of hydrogen-bond donors (Lipinski definition) is 12. The maximum absolute atomic E-state index is 12.5. The summed E-state index contributed by atoms with van der Waals surface area (Å²) in [7, 11) is -27.8. The van der Waals surface area contributed by atoms with Crippen LogP contribution in [0.5, 0.6) is 0 Å². The number of anilines is 2. The SMILES string of the molecule is NC(=O)c1ccc[n+](C2CC(COP(=O)([O-])OP(=O)([O-])OCC3OC(n4cnc5c(N)ncnc54)C(O)C3OP(=O)([O-])O)C(O)C2O)c1.NC(=O)c1ccc[n+](C2CN[C@H](COP(=O)([O-])OP(=O)(O)OC[C@H]3O[C@@H](n4cnc5c(N)ncnc54)[C@H](O)[C@@H]3O)C2)c1. The summed E-state index contributed by atoms with van der Waals surface area (Å²) in [6.45, 7) is -2.88. The van der Waals surface area contributed by atoms with Gasteiger partial charge in [-0.2, -0.15) is 4.57 Å². The van der Waals surface area contributed by atoms with E-state index in [-0.39, 0.29) is 52.0 Å². The first kappa shape index (κ1) is 68.6. The second-order valence-corrected chi connectivity index (χ2v) is 27.4. The van der Waals surface area contributed by atoms with E-state index in [9.17, 15) is 87.3 Å². The predicted octanol–water partition coefficient (Wildman–Crippen LogP) is -6.50. The number of nitrogens with zero attached hydrogens (tertiary/aromatic N) is 10. The molecule has 2 amide bonds. The summed E-state index contributed by atoms with van der Waals surface area (Å²) in [5.41, 5.74) is 23.0. The van der Waals surface area contributed by atoms with Crippen LogP contribution in [0.25, 0.3) is 22.3 Å². The van der Waals surface area contributed by atoms with Gasteiger partial charge in [-0.3, -0.25) is 41.5 Å². The quantitative estimate of drug-likeness (QED) is 0.0198. The van der Waals surface area contributed by atoms with Crippen LogP contribution in [-0.2, 0) is 63.5 Å². The summed E-state index contributed by atoms with van der Waals surface area (Å²) in [6, 6.07) is 4.65. The number of ether oxygens (including phenoxy) is 2. The van der Waals surface area contributed by atoms with Crippen LogP contribution in [0.4, 0.5) is 11.6 Å². The number of nitrogens with two attached hydrogens (primary N) is 4. The van der Waals surface area contributed by atoms with Crippen molar-refractivity contribution in [3.05, 3.63) is 85.5 Å². The topological polar surface area (TPSA) is 647 Å². The number of aromatic nitrogens is 10. The number of carbonyl (C=O) groups excluding carboxylic acids is 2. The number of phosphoric acid groups is 5. The summed E-state index contributed by atoms with van der Waals surface area (Å²) in [5.74, 6) is -2.38. The molecule has 1 saturated carbocycles. The van der Waals surface area contributed by atoms with E-state index in [2.05, 4.69) is 57.4 Å². The molecule has 6 aromatic rings. The number of carbonyl (C=O) groups is 2. The predicted molar refractivity (Wildman–Crippen MR) is 284 cm³/mol. The molecule has 10 rings (SSSR count). The highest BCUT2D eigenvalue weighted by molar-refractivity contribution is 7.60. The summed E-state index contributed by atoms with van der Waals surface area (Å²) in [6.07, 6.45) is -5.04. The highest BCUT2D eigenvalue weighted by Gasteiger charge is 2.50. The van der Waals surface area contributed by atoms with Crippen LogP contribution >= 0.6 is 39.1 Å². The Labute approximate surface area is 504 Å². The number of rotatable bonds is 24. The zero-order chi connectivity index (χ0) is 65.4. The average Bonchev–Trinajstić information content (AvgIpc) is 1.67. The smallest absolute Gasteiger partial charge is 0.478 e. The number of hydrogen-bond acceptors (Lipinski definition) is 34. The fourth-order valence-corrected chi connectivity index (χ4v) is 14.8. The van der Waals surface area contributed by atoms with Gasteiger partial charge in [-0.05, 0) is 12.1 Å². The standard InChI is InChI=1S/C22H30N7O16P3.C21H28N8O11P2/c23-19-14-21(26-8-25-19)29(9-27-14)22-17(32)18(44-46(34,35)36)13(43-22)7-42-48(39,40)45-47(37,38)41-6-11-4-12(16(31)15(11)30)28-3-1-2-10(5-28)20(24)33;22-18-15-20(26-9-25-18)29(10-27-15)21-17(31)16(30)14(39-21)8-38-42(35,36)40-41(33,34)37-7-12-4-13(5-24-12)28-3-1-2-11(6-28)19(23)32/h1-3,5,8-9,11-13,15-18,22,30-32H,4,6-7H2,(H7-,23,24,25,26,33,34,35,36,37,38,39,40);1-3,6,9-10,12-14,16-17,21,24,30-31H,4-5,7-8H2,(H5-,22,23,25,26,32,33,34,35,36)/p-2/t;12-,13?,14+,16+,17+,21+/m.0/s1. The van der Waals surface area contributed by atoms with E-state index >= 15 is 0 Å². The third-order valence-electron chi connectivity index (χ3n) is 14.3. The molecule has 42 nitrogen and oxygen atoms in total. The number of nitrogens with one attached hydrogen (secondary N) is 1. The molecule has 3 saturated heterocycles. The number of pyridine rings is 2. The normalized spacial score (nSPS) is 30.2. The number of imidazole rings is 2. The fourth-order valence-electron chi connectivity index (χ4n) is 10.0. The zero-order valence-corrected chi connectivity index (χ0v) is 50.2. The van der Waals surface area contributed by atoms with Gasteiger partial charge in [-0.25, -0.2) is 47.7 Å². The van der Waals surface area contributed by atoms with Crippen LogP contribution in [0.1, 0.15) is 58.1 Å². The molecule has 19 atom stereocenters. The molecule has 14 unspecified atom stereocenters. The molecule has 1 aliphatic carbocycles. The Kier molecular flexibility index (Phi) is 20.9. The maximum Gasteiger partial charge on any atom is 0.478 e. The van der Waals surface area contributed by atoms with Crippen molar-refractivity contribution in [2.75, 3.05) is 44.4 Å². The van der Waals surface area contributed by atoms with Crippen LogP contribution in [0.2, 0.25) is 0 Å². The Morgan fingerprint density at radius 1 is 0.633 bits per heavy atom. The van der Waals surface area contributed by atoms with Crippen molar-refractivity contribution in [3.63, 3.8) is 0 Å². The van der Waals surface area contributed by atoms with Gasteiger partial charge in [0.1, 0.15) is 77.5 Å². The number of nitrogen functional groups attached to an aromatic ring is 2. The van der Waals surface area contributed by atoms with Gasteiger partial charge >= 0.3 is 7.82 Å². The minimum Gasteiger partial charge on any atom is -0.756 e. The van der Waals surface area contributed by atoms with Gasteiger partial charge in [0.15, 0.2) is 72.3 Å². The molecule has 9 heterocycles. The third kappa shape index (κ3) is 16.3. The first-order chi connectivity index (χ1) is 42.2. The van der Waals surface area contributed by atoms with E-state index in [4.69, 9.17) is 41.5 Å². The lowest BCUT2D eigenvalue weighted by molar-refractivity contribution is -0.728. The Morgan fingerprint density at radius 3 is 1.72 bits per heavy atom. The van der Waals surface area contributed by atoms with Crippen molar-refractivity contribution in [2.24, 2.45) is 17.4 Å². The van der Waals surface area contributed by atoms with Gasteiger partial charge in [-0.15, -0.1) is 0 Å². The summed E-state index contributed by atoms with van der Waals surface area (Å²) < 4.78 is 109. The Balaban J connectivity index is 0.000000215. The van der Waals surface area contributed by atoms with Crippen molar-refractivity contribution < 1.29 is 137 Å². The largest absolute Gasteiger partial charge is 0.756 e. The molecular weight excluding hydrogens is 1310 g/mol. The molecule has 4 aliphatic rings. The lowest BCUT2D eigenvalue weighted by Crippen LogP contribution is -2.45. The molecule has 0 aromatic carbocycles. The van der Waals surface area contributed by atoms with Crippen LogP contribution in [0.3, 0.4) is 0 Å². The van der Waals surface area contributed by atoms with Crippen LogP contribution in [0.15, 0.2) is 74.4 Å². The second kappa shape index (κ2) is 27.4. The zero-order valence-electron chi connectivity index (χ0n) is 45.8. The molecule has 4 fully saturated rings. The Bertz CT molecular complexity index is 3850. The van der Waals surface area contributed by atoms with Crippen molar-refractivity contribution in [1.29, 1.82) is 0 Å². The second-order valence-electron chi connectivity index (χ2n) is 20.3. The summed E-state index contributed by atoms with van der Waals surface area (Å²) >= 11 is 0. The van der Waals surface area contributed by atoms with Crippen LogP contribution in [0, 0.1) is 5.92 Å². The van der Waals surface area contributed by atoms with Crippen molar-refractivity contribution in [3.8, 4) is 0 Å². The molecule has 47 heteroatoms. The third-order valence-corrected chi connectivity index (χ3v) is 19.9. The average molecular weight is 1370 g/mol. The molecule has 3 aliphatic heterocycles. The molecule has 90 heavy (non-hydrogen) atoms. The minimum absolute atomic E-state index is 0.00689. The minimum atomic E-state index is -5.85. The molecule has 0 spiro atoms. The Morgan fingerprint density at radius 2 is 1.14 bits per heavy atom. The monoisotopic (exact) mass is 1370 g/mol. The van der Waals surface area contributed by atoms with E-state index in [1.807, 2.05) is 0 Å². The molecule has 6 aromatic heterocycles. The van der Waals surface area contributed by atoms with E-state index in [1.54, 1.807) is 29.1 Å². The van der Waals surface area contributed by atoms with E-state index in [1.165, 1.54) is 46.3 Å². The van der Waals surface area contributed by atoms with Crippen LogP contribution in [-0.4, -0.2) is 174 Å². The molecule has 0 bridgehead atoms. The van der Waals surface area contributed by atoms with E-state index in [0.29, 0.717) is 18.5 Å². The van der Waals surface area contributed by atoms with Crippen molar-refractivity contribution in [1.82, 2.24) is 44.4 Å². The fraction of sp³-hybridized carbons (Fsp3) is 0.488. The molecule has 492 valence electrons. The highest BCUT2D eigenvalue weighted by atomic mass is 31.3. The number of amides is 2. The number of primary amides is 2.